The summed E-state index contributed by atoms with van der Waals surface area (Å²) in [7, 11) is 0. The summed E-state index contributed by atoms with van der Waals surface area (Å²) in [6, 6.07) is 11.6. The average molecular weight is 327 g/mol. The number of carbonyl (C=O) groups excluding carboxylic acids is 2. The third-order valence-corrected chi connectivity index (χ3v) is 4.26. The van der Waals surface area contributed by atoms with E-state index >= 15 is 0 Å². The normalized spacial score (nSPS) is 19.1. The molecule has 1 saturated carbocycles. The maximum atomic E-state index is 12.8. The van der Waals surface area contributed by atoms with Crippen LogP contribution in [-0.2, 0) is 9.59 Å². The van der Waals surface area contributed by atoms with Gasteiger partial charge in [-0.1, -0.05) is 35.5 Å². The van der Waals surface area contributed by atoms with Gasteiger partial charge in [-0.2, -0.15) is 0 Å². The van der Waals surface area contributed by atoms with Crippen molar-refractivity contribution in [2.75, 3.05) is 11.9 Å². The summed E-state index contributed by atoms with van der Waals surface area (Å²) in [5.41, 5.74) is 1.19. The van der Waals surface area contributed by atoms with Crippen LogP contribution in [0.15, 0.2) is 47.2 Å². The Morgan fingerprint density at radius 3 is 2.67 bits per heavy atom. The highest BCUT2D eigenvalue weighted by molar-refractivity contribution is 5.94. The van der Waals surface area contributed by atoms with Gasteiger partial charge in [0.2, 0.25) is 11.8 Å². The van der Waals surface area contributed by atoms with Crippen LogP contribution in [-0.4, -0.2) is 34.5 Å². The second-order valence-corrected chi connectivity index (χ2v) is 6.35. The Hall–Kier alpha value is -2.63. The molecule has 1 aliphatic rings. The predicted octanol–water partition coefficient (Wildman–Crippen LogP) is 2.65. The van der Waals surface area contributed by atoms with Crippen LogP contribution in [0, 0.1) is 5.92 Å². The first kappa shape index (κ1) is 16.2. The minimum atomic E-state index is -0.275. The Kier molecular flexibility index (Phi) is 4.64. The zero-order valence-electron chi connectivity index (χ0n) is 13.8. The molecule has 0 radical (unpaired) electrons. The molecular formula is C18H21N3O3. The summed E-state index contributed by atoms with van der Waals surface area (Å²) in [5.74, 6) is 0.343. The van der Waals surface area contributed by atoms with Crippen molar-refractivity contribution >= 4 is 17.6 Å². The lowest BCUT2D eigenvalue weighted by molar-refractivity contribution is -0.137. The highest BCUT2D eigenvalue weighted by Crippen LogP contribution is 2.48. The van der Waals surface area contributed by atoms with E-state index in [4.69, 9.17) is 0 Å². The molecule has 1 aromatic heterocycles. The molecule has 2 atom stereocenters. The molecule has 6 nitrogen and oxygen atoms in total. The minimum Gasteiger partial charge on any atom is -0.363 e. The summed E-state index contributed by atoms with van der Waals surface area (Å²) in [4.78, 5) is 26.5. The Bertz CT molecular complexity index is 698. The first-order chi connectivity index (χ1) is 11.6. The van der Waals surface area contributed by atoms with Crippen LogP contribution >= 0.6 is 0 Å². The van der Waals surface area contributed by atoms with Crippen LogP contribution in [0.25, 0.3) is 0 Å². The van der Waals surface area contributed by atoms with Gasteiger partial charge in [-0.05, 0) is 31.7 Å². The average Bonchev–Trinajstić information content (AvgIpc) is 3.22. The number of hydrogen-bond donors (Lipinski definition) is 1. The number of hydrogen-bond acceptors (Lipinski definition) is 4. The van der Waals surface area contributed by atoms with E-state index in [2.05, 4.69) is 27.1 Å². The third kappa shape index (κ3) is 3.64. The van der Waals surface area contributed by atoms with E-state index in [1.807, 2.05) is 32.0 Å². The van der Waals surface area contributed by atoms with E-state index < -0.39 is 0 Å². The van der Waals surface area contributed by atoms with Gasteiger partial charge in [0.25, 0.3) is 0 Å². The zero-order valence-corrected chi connectivity index (χ0v) is 13.8. The van der Waals surface area contributed by atoms with E-state index in [9.17, 15) is 9.59 Å². The molecule has 0 aliphatic heterocycles. The molecule has 0 spiro atoms. The molecule has 3 rings (SSSR count). The lowest BCUT2D eigenvalue weighted by atomic mass is 10.1. The lowest BCUT2D eigenvalue weighted by Crippen LogP contribution is -2.43. The number of aromatic nitrogens is 1. The molecule has 24 heavy (non-hydrogen) atoms. The number of rotatable bonds is 6. The molecule has 0 bridgehead atoms. The van der Waals surface area contributed by atoms with Crippen LogP contribution in [0.5, 0.6) is 0 Å². The number of nitrogens with zero attached hydrogens (tertiary/aromatic N) is 2. The van der Waals surface area contributed by atoms with Crippen molar-refractivity contribution in [3.8, 4) is 0 Å². The summed E-state index contributed by atoms with van der Waals surface area (Å²) in [6.07, 6.45) is 2.23. The Morgan fingerprint density at radius 1 is 1.29 bits per heavy atom. The maximum Gasteiger partial charge on any atom is 0.245 e. The Morgan fingerprint density at radius 2 is 2.04 bits per heavy atom. The molecule has 0 saturated heterocycles. The van der Waals surface area contributed by atoms with Crippen molar-refractivity contribution in [2.45, 2.75) is 32.2 Å². The molecule has 1 aromatic carbocycles. The summed E-state index contributed by atoms with van der Waals surface area (Å²) >= 11 is 0. The van der Waals surface area contributed by atoms with Crippen molar-refractivity contribution in [1.82, 2.24) is 10.1 Å². The van der Waals surface area contributed by atoms with Gasteiger partial charge < -0.3 is 14.7 Å². The van der Waals surface area contributed by atoms with E-state index in [1.54, 1.807) is 11.0 Å². The minimum absolute atomic E-state index is 0.0152. The van der Waals surface area contributed by atoms with Crippen molar-refractivity contribution in [3.63, 3.8) is 0 Å². The first-order valence-corrected chi connectivity index (χ1v) is 8.12. The van der Waals surface area contributed by atoms with Gasteiger partial charge in [-0.15, -0.1) is 0 Å². The van der Waals surface area contributed by atoms with Gasteiger partial charge in [0, 0.05) is 18.0 Å². The second kappa shape index (κ2) is 6.86. The monoisotopic (exact) mass is 327 g/mol. The van der Waals surface area contributed by atoms with Crippen LogP contribution in [0.2, 0.25) is 0 Å². The maximum absolute atomic E-state index is 12.8. The molecule has 2 unspecified atom stereocenters. The first-order valence-electron chi connectivity index (χ1n) is 8.12. The number of carbonyl (C=O) groups is 2. The van der Waals surface area contributed by atoms with Crippen molar-refractivity contribution < 1.29 is 14.1 Å². The lowest BCUT2D eigenvalue weighted by Gasteiger charge is -2.26. The third-order valence-electron chi connectivity index (χ3n) is 4.26. The van der Waals surface area contributed by atoms with Gasteiger partial charge >= 0.3 is 0 Å². The number of benzene rings is 1. The summed E-state index contributed by atoms with van der Waals surface area (Å²) in [6.45, 7) is 3.85. The smallest absolute Gasteiger partial charge is 0.245 e. The van der Waals surface area contributed by atoms with E-state index in [-0.39, 0.29) is 36.2 Å². The molecule has 126 valence electrons. The van der Waals surface area contributed by atoms with E-state index in [0.717, 1.165) is 6.42 Å². The largest absolute Gasteiger partial charge is 0.363 e. The highest BCUT2D eigenvalue weighted by Gasteiger charge is 2.46. The van der Waals surface area contributed by atoms with Gasteiger partial charge in [-0.3, -0.25) is 9.59 Å². The molecule has 1 N–H and O–H groups in total. The van der Waals surface area contributed by atoms with E-state index in [1.165, 1.54) is 11.8 Å². The molecule has 6 heteroatoms. The van der Waals surface area contributed by atoms with Gasteiger partial charge in [-0.25, -0.2) is 0 Å². The zero-order chi connectivity index (χ0) is 17.1. The van der Waals surface area contributed by atoms with Crippen LogP contribution in [0.1, 0.15) is 31.7 Å². The fourth-order valence-electron chi connectivity index (χ4n) is 2.88. The van der Waals surface area contributed by atoms with Gasteiger partial charge in [0.1, 0.15) is 12.8 Å². The van der Waals surface area contributed by atoms with Crippen molar-refractivity contribution in [3.05, 3.63) is 48.2 Å². The molecule has 2 aromatic rings. The number of nitrogens with one attached hydrogen (secondary N) is 1. The van der Waals surface area contributed by atoms with Gasteiger partial charge in [0.05, 0.1) is 0 Å². The topological polar surface area (TPSA) is 75.4 Å². The molecule has 1 fully saturated rings. The molecule has 2 amide bonds. The van der Waals surface area contributed by atoms with Gasteiger partial charge in [0.15, 0.2) is 5.82 Å². The number of anilines is 1. The standard InChI is InChI=1S/C18H21N3O3/c1-12(2)21(11-17(22)19-16-8-9-24-20-16)18(23)15-10-14(15)13-6-4-3-5-7-13/h3-9,12,14-15H,10-11H2,1-2H3,(H,19,20,22). The van der Waals surface area contributed by atoms with Crippen molar-refractivity contribution in [1.29, 1.82) is 0 Å². The fourth-order valence-corrected chi connectivity index (χ4v) is 2.88. The van der Waals surface area contributed by atoms with Crippen LogP contribution in [0.3, 0.4) is 0 Å². The Balaban J connectivity index is 1.61. The predicted molar refractivity (Wildman–Crippen MR) is 89.3 cm³/mol. The summed E-state index contributed by atoms with van der Waals surface area (Å²) < 4.78 is 4.68. The van der Waals surface area contributed by atoms with Crippen LogP contribution in [0.4, 0.5) is 5.82 Å². The SMILES string of the molecule is CC(C)N(CC(=O)Nc1ccon1)C(=O)C1CC1c1ccccc1. The highest BCUT2D eigenvalue weighted by atomic mass is 16.5. The second-order valence-electron chi connectivity index (χ2n) is 6.35. The number of amides is 2. The fraction of sp³-hybridized carbons (Fsp3) is 0.389. The molecule has 1 aliphatic carbocycles. The van der Waals surface area contributed by atoms with Crippen LogP contribution < -0.4 is 5.32 Å². The van der Waals surface area contributed by atoms with Crippen molar-refractivity contribution in [2.24, 2.45) is 5.92 Å². The molecular weight excluding hydrogens is 306 g/mol. The summed E-state index contributed by atoms with van der Waals surface area (Å²) in [5, 5.41) is 6.27. The Labute approximate surface area is 140 Å². The quantitative estimate of drug-likeness (QED) is 0.885. The van der Waals surface area contributed by atoms with E-state index in [0.29, 0.717) is 5.82 Å². The molecule has 1 heterocycles.